The summed E-state index contributed by atoms with van der Waals surface area (Å²) in [6.07, 6.45) is 7.30. The van der Waals surface area contributed by atoms with E-state index >= 15 is 0 Å². The van der Waals surface area contributed by atoms with Gasteiger partial charge >= 0.3 is 0 Å². The summed E-state index contributed by atoms with van der Waals surface area (Å²) in [6.45, 7) is 0. The van der Waals surface area contributed by atoms with Crippen molar-refractivity contribution in [3.05, 3.63) is 289 Å². The second-order valence-electron chi connectivity index (χ2n) is 21.2. The molecule has 6 heterocycles. The van der Waals surface area contributed by atoms with Crippen molar-refractivity contribution in [1.82, 2.24) is 29.9 Å². The molecule has 8 heteroatoms. The first-order valence-electron chi connectivity index (χ1n) is 27.6. The van der Waals surface area contributed by atoms with Crippen LogP contribution in [0.5, 0.6) is 0 Å². The van der Waals surface area contributed by atoms with E-state index in [4.69, 9.17) is 28.8 Å². The number of para-hydroxylation sites is 2. The number of benzene rings is 9. The van der Waals surface area contributed by atoms with Crippen LogP contribution in [0.15, 0.2) is 264 Å². The van der Waals surface area contributed by atoms with E-state index < -0.39 is 0 Å². The molecule has 2 bridgehead atoms. The first-order chi connectivity index (χ1) is 40.6. The van der Waals surface area contributed by atoms with Gasteiger partial charge in [0, 0.05) is 103 Å². The number of pyridine rings is 2. The Balaban J connectivity index is 0.792. The van der Waals surface area contributed by atoms with Crippen molar-refractivity contribution in [2.24, 2.45) is 0 Å². The molecule has 0 fully saturated rings. The van der Waals surface area contributed by atoms with Gasteiger partial charge in [-0.1, -0.05) is 194 Å². The fraction of sp³-hybridized carbons (Fsp3) is 0.0270. The molecule has 8 nitrogen and oxygen atoms in total. The largest absolute Gasteiger partial charge is 0.455 e. The van der Waals surface area contributed by atoms with Crippen molar-refractivity contribution < 1.29 is 8.83 Å². The van der Waals surface area contributed by atoms with Gasteiger partial charge in [0.15, 0.2) is 11.6 Å². The fourth-order valence-corrected chi connectivity index (χ4v) is 13.0. The lowest BCUT2D eigenvalue weighted by molar-refractivity contribution is 0.669. The second-order valence-corrected chi connectivity index (χ2v) is 21.2. The van der Waals surface area contributed by atoms with Gasteiger partial charge in [0.2, 0.25) is 0 Å². The van der Waals surface area contributed by atoms with Crippen LogP contribution < -0.4 is 0 Å². The third kappa shape index (κ3) is 7.24. The highest BCUT2D eigenvalue weighted by molar-refractivity contribution is 6.11. The van der Waals surface area contributed by atoms with Gasteiger partial charge in [-0.25, -0.2) is 19.9 Å². The average Bonchev–Trinajstić information content (AvgIpc) is 3.99. The summed E-state index contributed by atoms with van der Waals surface area (Å²) in [4.78, 5) is 30.3. The van der Waals surface area contributed by atoms with Crippen molar-refractivity contribution in [3.8, 4) is 90.1 Å². The van der Waals surface area contributed by atoms with Crippen LogP contribution in [0.1, 0.15) is 45.2 Å². The molecular weight excluding hydrogens is 1000 g/mol. The van der Waals surface area contributed by atoms with Gasteiger partial charge in [-0.2, -0.15) is 0 Å². The number of nitrogens with zero attached hydrogens (tertiary/aromatic N) is 6. The van der Waals surface area contributed by atoms with Gasteiger partial charge in [-0.3, -0.25) is 9.97 Å². The molecular formula is C74H44N6O2. The molecule has 3 aliphatic carbocycles. The molecule has 2 atom stereocenters. The minimum Gasteiger partial charge on any atom is -0.455 e. The Morgan fingerprint density at radius 1 is 0.268 bits per heavy atom. The number of fused-ring (bicyclic) bond motifs is 6. The molecule has 82 heavy (non-hydrogen) atoms. The summed E-state index contributed by atoms with van der Waals surface area (Å²) in [5, 5.41) is 4.03. The lowest BCUT2D eigenvalue weighted by atomic mass is 9.60. The molecule has 3 aliphatic rings. The SMILES string of the molecule is c1ccc(-c2nc(-c3ccc4c(c3)C3c5ccccc5C4c4cc(-c5cc(-c6ccccc6-c6cccc7c6oc6ccncc67)nc(-c6ccccc6)n5)ccc43)cc(-c3ccccc3-c3cccc4c3oc3ccncc34)n2)cc1. The molecule has 2 unspecified atom stereocenters. The summed E-state index contributed by atoms with van der Waals surface area (Å²) < 4.78 is 13.1. The van der Waals surface area contributed by atoms with E-state index in [1.807, 2.05) is 60.9 Å². The Morgan fingerprint density at radius 2 is 0.659 bits per heavy atom. The van der Waals surface area contributed by atoms with Crippen LogP contribution in [0.4, 0.5) is 0 Å². The normalized spacial score (nSPS) is 14.1. The zero-order chi connectivity index (χ0) is 53.8. The highest BCUT2D eigenvalue weighted by Gasteiger charge is 2.41. The van der Waals surface area contributed by atoms with E-state index in [1.165, 1.54) is 33.4 Å². The Bertz CT molecular complexity index is 4770. The van der Waals surface area contributed by atoms with Crippen molar-refractivity contribution in [2.45, 2.75) is 11.8 Å². The number of rotatable bonds is 8. The van der Waals surface area contributed by atoms with Crippen molar-refractivity contribution in [2.75, 3.05) is 0 Å². The summed E-state index contributed by atoms with van der Waals surface area (Å²) in [5.74, 6) is 1.32. The van der Waals surface area contributed by atoms with Crippen molar-refractivity contribution >= 4 is 43.9 Å². The number of hydrogen-bond donors (Lipinski definition) is 0. The van der Waals surface area contributed by atoms with Gasteiger partial charge in [0.25, 0.3) is 0 Å². The minimum absolute atomic E-state index is 0.000202. The van der Waals surface area contributed by atoms with Gasteiger partial charge < -0.3 is 8.83 Å². The second kappa shape index (κ2) is 18.3. The van der Waals surface area contributed by atoms with Crippen LogP contribution in [0.3, 0.4) is 0 Å². The van der Waals surface area contributed by atoms with Crippen molar-refractivity contribution in [1.29, 1.82) is 0 Å². The molecule has 382 valence electrons. The lowest BCUT2D eigenvalue weighted by Crippen LogP contribution is -2.27. The van der Waals surface area contributed by atoms with E-state index in [1.54, 1.807) is 12.4 Å². The maximum atomic E-state index is 6.57. The molecule has 0 amide bonds. The molecule has 15 aromatic rings. The summed E-state index contributed by atoms with van der Waals surface area (Å²) in [5.41, 5.74) is 24.4. The molecule has 0 aliphatic heterocycles. The van der Waals surface area contributed by atoms with Gasteiger partial charge in [-0.15, -0.1) is 0 Å². The van der Waals surface area contributed by atoms with Crippen LogP contribution in [0, 0.1) is 0 Å². The van der Waals surface area contributed by atoms with Crippen molar-refractivity contribution in [3.63, 3.8) is 0 Å². The predicted molar refractivity (Wildman–Crippen MR) is 326 cm³/mol. The monoisotopic (exact) mass is 1050 g/mol. The molecule has 9 aromatic carbocycles. The van der Waals surface area contributed by atoms with Crippen LogP contribution >= 0.6 is 0 Å². The Hall–Kier alpha value is -11.0. The molecule has 6 aromatic heterocycles. The number of aromatic nitrogens is 6. The summed E-state index contributed by atoms with van der Waals surface area (Å²) in [7, 11) is 0. The first-order valence-corrected chi connectivity index (χ1v) is 27.6. The fourth-order valence-electron chi connectivity index (χ4n) is 13.0. The Labute approximate surface area is 470 Å². The Kier molecular flexibility index (Phi) is 10.3. The van der Waals surface area contributed by atoms with E-state index in [9.17, 15) is 0 Å². The number of hydrogen-bond acceptors (Lipinski definition) is 8. The van der Waals surface area contributed by atoms with Gasteiger partial charge in [0.05, 0.1) is 22.8 Å². The minimum atomic E-state index is -0.000202. The highest BCUT2D eigenvalue weighted by Crippen LogP contribution is 2.57. The maximum absolute atomic E-state index is 6.57. The van der Waals surface area contributed by atoms with Crippen LogP contribution in [0.25, 0.3) is 134 Å². The molecule has 18 rings (SSSR count). The summed E-state index contributed by atoms with van der Waals surface area (Å²) in [6, 6.07) is 81.3. The molecule has 0 spiro atoms. The average molecular weight is 1050 g/mol. The number of furan rings is 2. The first kappa shape index (κ1) is 46.0. The third-order valence-electron chi connectivity index (χ3n) is 16.7. The summed E-state index contributed by atoms with van der Waals surface area (Å²) >= 11 is 0. The molecule has 0 N–H and O–H groups in total. The van der Waals surface area contributed by atoms with E-state index in [0.717, 1.165) is 122 Å². The maximum Gasteiger partial charge on any atom is 0.160 e. The van der Waals surface area contributed by atoms with E-state index in [0.29, 0.717) is 11.6 Å². The zero-order valence-corrected chi connectivity index (χ0v) is 43.9. The smallest absolute Gasteiger partial charge is 0.160 e. The topological polar surface area (TPSA) is 104 Å². The van der Waals surface area contributed by atoms with Crippen LogP contribution in [0.2, 0.25) is 0 Å². The third-order valence-corrected chi connectivity index (χ3v) is 16.7. The quantitative estimate of drug-likeness (QED) is 0.148. The van der Waals surface area contributed by atoms with Gasteiger partial charge in [-0.05, 0) is 80.9 Å². The standard InChI is InChI=1S/C74H44N6O2/c1-3-15-43(16-4-1)73-77-63(39-65(79-73)49-21-9-7-19-47(49)55-25-13-27-57-61-41-75-35-33-67(61)81-71(55)57)45-29-31-53-59(37-45)69-51-23-11-12-24-52(51)70(53)60-38-46(30-32-54(60)69)64-40-66(80-74(78-64)44-17-5-2-6-18-44)50-22-10-8-20-48(50)56-26-14-28-58-62-42-76-36-34-68(62)82-72(56)58/h1-42,69-70H. The van der Waals surface area contributed by atoms with E-state index in [-0.39, 0.29) is 11.8 Å². The zero-order valence-electron chi connectivity index (χ0n) is 43.9. The molecule has 0 saturated carbocycles. The van der Waals surface area contributed by atoms with E-state index in [2.05, 4.69) is 192 Å². The highest BCUT2D eigenvalue weighted by atomic mass is 16.3. The van der Waals surface area contributed by atoms with Crippen LogP contribution in [-0.4, -0.2) is 29.9 Å². The predicted octanol–water partition coefficient (Wildman–Crippen LogP) is 18.2. The Morgan fingerprint density at radius 3 is 1.12 bits per heavy atom. The molecule has 0 radical (unpaired) electrons. The van der Waals surface area contributed by atoms with Gasteiger partial charge in [0.1, 0.15) is 22.3 Å². The molecule has 0 saturated heterocycles. The lowest BCUT2D eigenvalue weighted by Gasteiger charge is -2.42. The van der Waals surface area contributed by atoms with Crippen LogP contribution in [-0.2, 0) is 0 Å².